The summed E-state index contributed by atoms with van der Waals surface area (Å²) in [6.45, 7) is 1.52. The third-order valence-corrected chi connectivity index (χ3v) is 6.97. The SMILES string of the molecule is CSc1ccc(NC(=O)C2CC23CCN(C(=O)Cc2ccn(C)c2)CC3)cc1. The Labute approximate surface area is 170 Å². The number of anilines is 1. The summed E-state index contributed by atoms with van der Waals surface area (Å²) in [7, 11) is 1.97. The van der Waals surface area contributed by atoms with Crippen LogP contribution in [0.5, 0.6) is 0 Å². The van der Waals surface area contributed by atoms with E-state index >= 15 is 0 Å². The Bertz CT molecular complexity index is 866. The molecule has 2 fully saturated rings. The van der Waals surface area contributed by atoms with Crippen LogP contribution in [0.3, 0.4) is 0 Å². The highest BCUT2D eigenvalue weighted by molar-refractivity contribution is 7.98. The quantitative estimate of drug-likeness (QED) is 0.785. The normalized spacial score (nSPS) is 20.2. The van der Waals surface area contributed by atoms with E-state index in [9.17, 15) is 9.59 Å². The number of benzene rings is 1. The molecule has 1 aromatic carbocycles. The summed E-state index contributed by atoms with van der Waals surface area (Å²) >= 11 is 1.69. The molecule has 5 nitrogen and oxygen atoms in total. The number of rotatable bonds is 5. The minimum absolute atomic E-state index is 0.0825. The largest absolute Gasteiger partial charge is 0.357 e. The Hall–Kier alpha value is -2.21. The first-order chi connectivity index (χ1) is 13.5. The number of aromatic nitrogens is 1. The van der Waals surface area contributed by atoms with Gasteiger partial charge in [0.25, 0.3) is 0 Å². The maximum atomic E-state index is 12.7. The molecule has 1 atom stereocenters. The smallest absolute Gasteiger partial charge is 0.228 e. The van der Waals surface area contributed by atoms with Gasteiger partial charge in [0, 0.05) is 49.0 Å². The summed E-state index contributed by atoms with van der Waals surface area (Å²) in [6, 6.07) is 9.98. The average Bonchev–Trinajstić information content (AvgIpc) is 3.24. The second-order valence-electron chi connectivity index (χ2n) is 8.08. The Morgan fingerprint density at radius 2 is 1.89 bits per heavy atom. The minimum atomic E-state index is 0.0825. The van der Waals surface area contributed by atoms with Gasteiger partial charge >= 0.3 is 0 Å². The molecule has 148 valence electrons. The number of amides is 2. The van der Waals surface area contributed by atoms with Crippen molar-refractivity contribution in [2.24, 2.45) is 18.4 Å². The third kappa shape index (κ3) is 3.97. The lowest BCUT2D eigenvalue weighted by Crippen LogP contribution is -2.40. The van der Waals surface area contributed by atoms with Gasteiger partial charge in [-0.1, -0.05) is 0 Å². The monoisotopic (exact) mass is 397 g/mol. The minimum Gasteiger partial charge on any atom is -0.357 e. The van der Waals surface area contributed by atoms with Crippen LogP contribution in [0.2, 0.25) is 0 Å². The van der Waals surface area contributed by atoms with E-state index in [-0.39, 0.29) is 23.1 Å². The van der Waals surface area contributed by atoms with Gasteiger partial charge in [-0.25, -0.2) is 0 Å². The molecule has 28 heavy (non-hydrogen) atoms. The second-order valence-corrected chi connectivity index (χ2v) is 8.96. The highest BCUT2D eigenvalue weighted by Crippen LogP contribution is 2.59. The van der Waals surface area contributed by atoms with Crippen LogP contribution >= 0.6 is 11.8 Å². The first-order valence-corrected chi connectivity index (χ1v) is 11.1. The van der Waals surface area contributed by atoms with E-state index in [1.165, 1.54) is 4.90 Å². The maximum absolute atomic E-state index is 12.7. The van der Waals surface area contributed by atoms with Crippen LogP contribution in [-0.4, -0.2) is 40.6 Å². The molecule has 1 N–H and O–H groups in total. The van der Waals surface area contributed by atoms with Crippen molar-refractivity contribution in [1.29, 1.82) is 0 Å². The van der Waals surface area contributed by atoms with Gasteiger partial charge in [0.2, 0.25) is 11.8 Å². The van der Waals surface area contributed by atoms with Crippen molar-refractivity contribution in [3.63, 3.8) is 0 Å². The van der Waals surface area contributed by atoms with Gasteiger partial charge in [-0.15, -0.1) is 11.8 Å². The van der Waals surface area contributed by atoms with Crippen LogP contribution in [0.4, 0.5) is 5.69 Å². The standard InChI is InChI=1S/C22H27N3O2S/c1-24-10-7-16(15-24)13-20(26)25-11-8-22(9-12-25)14-19(22)21(27)23-17-3-5-18(28-2)6-4-17/h3-7,10,15,19H,8-9,11-14H2,1-2H3,(H,23,27). The molecule has 2 amide bonds. The van der Waals surface area contributed by atoms with Crippen molar-refractivity contribution in [2.45, 2.75) is 30.6 Å². The molecule has 1 aliphatic carbocycles. The number of hydrogen-bond donors (Lipinski definition) is 1. The summed E-state index contributed by atoms with van der Waals surface area (Å²) in [6.07, 6.45) is 9.27. The van der Waals surface area contributed by atoms with Crippen LogP contribution in [0.15, 0.2) is 47.6 Å². The summed E-state index contributed by atoms with van der Waals surface area (Å²) in [5.74, 6) is 0.400. The average molecular weight is 398 g/mol. The molecule has 2 aliphatic rings. The van der Waals surface area contributed by atoms with E-state index in [1.54, 1.807) is 11.8 Å². The van der Waals surface area contributed by atoms with Gasteiger partial charge in [-0.2, -0.15) is 0 Å². The number of thioether (sulfide) groups is 1. The molecule has 1 unspecified atom stereocenters. The van der Waals surface area contributed by atoms with Gasteiger partial charge < -0.3 is 14.8 Å². The maximum Gasteiger partial charge on any atom is 0.228 e. The Kier molecular flexibility index (Phi) is 5.23. The first-order valence-electron chi connectivity index (χ1n) is 9.83. The molecule has 1 saturated heterocycles. The van der Waals surface area contributed by atoms with Gasteiger partial charge in [0.1, 0.15) is 0 Å². The number of carbonyl (C=O) groups is 2. The van der Waals surface area contributed by atoms with Gasteiger partial charge in [0.15, 0.2) is 0 Å². The van der Waals surface area contributed by atoms with Crippen molar-refractivity contribution in [1.82, 2.24) is 9.47 Å². The molecule has 6 heteroatoms. The highest BCUT2D eigenvalue weighted by Gasteiger charge is 2.58. The Morgan fingerprint density at radius 3 is 2.50 bits per heavy atom. The second kappa shape index (κ2) is 7.66. The molecule has 2 aromatic rings. The van der Waals surface area contributed by atoms with Crippen molar-refractivity contribution in [3.05, 3.63) is 48.3 Å². The van der Waals surface area contributed by atoms with Crippen molar-refractivity contribution >= 4 is 29.3 Å². The lowest BCUT2D eigenvalue weighted by Gasteiger charge is -2.33. The molecule has 1 saturated carbocycles. The number of aryl methyl sites for hydroxylation is 1. The zero-order valence-corrected chi connectivity index (χ0v) is 17.3. The molecule has 4 rings (SSSR count). The first kappa shape index (κ1) is 19.1. The molecule has 2 heterocycles. The molecule has 0 bridgehead atoms. The fourth-order valence-corrected chi connectivity index (χ4v) is 4.74. The molecular weight excluding hydrogens is 370 g/mol. The van der Waals surface area contributed by atoms with Crippen LogP contribution in [0.25, 0.3) is 0 Å². The number of carbonyl (C=O) groups excluding carboxylic acids is 2. The van der Waals surface area contributed by atoms with E-state index in [2.05, 4.69) is 5.32 Å². The lowest BCUT2D eigenvalue weighted by molar-refractivity contribution is -0.132. The Morgan fingerprint density at radius 1 is 1.18 bits per heavy atom. The molecule has 0 radical (unpaired) electrons. The van der Waals surface area contributed by atoms with Crippen LogP contribution < -0.4 is 5.32 Å². The third-order valence-electron chi connectivity index (χ3n) is 6.22. The van der Waals surface area contributed by atoms with Gasteiger partial charge in [0.05, 0.1) is 6.42 Å². The topological polar surface area (TPSA) is 54.3 Å². The van der Waals surface area contributed by atoms with E-state index < -0.39 is 0 Å². The van der Waals surface area contributed by atoms with E-state index in [4.69, 9.17) is 0 Å². The number of nitrogens with one attached hydrogen (secondary N) is 1. The lowest BCUT2D eigenvalue weighted by atomic mass is 9.90. The predicted octanol–water partition coefficient (Wildman–Crippen LogP) is 3.56. The fourth-order valence-electron chi connectivity index (χ4n) is 4.33. The number of piperidine rings is 1. The van der Waals surface area contributed by atoms with E-state index in [1.807, 2.05) is 65.5 Å². The zero-order chi connectivity index (χ0) is 19.7. The molecule has 1 aliphatic heterocycles. The van der Waals surface area contributed by atoms with Crippen LogP contribution in [0.1, 0.15) is 24.8 Å². The number of hydrogen-bond acceptors (Lipinski definition) is 3. The fraction of sp³-hybridized carbons (Fsp3) is 0.455. The summed E-state index contributed by atoms with van der Waals surface area (Å²) < 4.78 is 1.97. The van der Waals surface area contributed by atoms with E-state index in [0.717, 1.165) is 43.6 Å². The van der Waals surface area contributed by atoms with Gasteiger partial charge in [-0.05, 0) is 66.8 Å². The molecular formula is C22H27N3O2S. The summed E-state index contributed by atoms with van der Waals surface area (Å²) in [4.78, 5) is 28.4. The predicted molar refractivity (Wildman–Crippen MR) is 112 cm³/mol. The van der Waals surface area contributed by atoms with Gasteiger partial charge in [-0.3, -0.25) is 9.59 Å². The van der Waals surface area contributed by atoms with E-state index in [0.29, 0.717) is 6.42 Å². The molecule has 1 aromatic heterocycles. The summed E-state index contributed by atoms with van der Waals surface area (Å²) in [5, 5.41) is 3.06. The zero-order valence-electron chi connectivity index (χ0n) is 16.5. The summed E-state index contributed by atoms with van der Waals surface area (Å²) in [5.41, 5.74) is 2.02. The van der Waals surface area contributed by atoms with Crippen LogP contribution in [-0.2, 0) is 23.1 Å². The highest BCUT2D eigenvalue weighted by atomic mass is 32.2. The number of likely N-dealkylation sites (tertiary alicyclic amines) is 1. The van der Waals surface area contributed by atoms with Crippen LogP contribution in [0, 0.1) is 11.3 Å². The molecule has 1 spiro atoms. The Balaban J connectivity index is 1.27. The number of nitrogens with zero attached hydrogens (tertiary/aromatic N) is 2. The van der Waals surface area contributed by atoms with Crippen molar-refractivity contribution in [2.75, 3.05) is 24.7 Å². The van der Waals surface area contributed by atoms with Crippen molar-refractivity contribution in [3.8, 4) is 0 Å². The van der Waals surface area contributed by atoms with Crippen molar-refractivity contribution < 1.29 is 9.59 Å².